The Morgan fingerprint density at radius 3 is 3.10 bits per heavy atom. The first-order valence-corrected chi connectivity index (χ1v) is 7.71. The van der Waals surface area contributed by atoms with Gasteiger partial charge in [0, 0.05) is 12.6 Å². The van der Waals surface area contributed by atoms with E-state index in [1.54, 1.807) is 6.20 Å². The van der Waals surface area contributed by atoms with E-state index in [1.165, 1.54) is 18.4 Å². The van der Waals surface area contributed by atoms with E-state index in [4.69, 9.17) is 9.15 Å². The summed E-state index contributed by atoms with van der Waals surface area (Å²) < 4.78 is 13.5. The molecule has 0 aromatic carbocycles. The maximum Gasteiger partial charge on any atom is 0.157 e. The lowest BCUT2D eigenvalue weighted by molar-refractivity contribution is 0.264. The van der Waals surface area contributed by atoms with Gasteiger partial charge in [-0.25, -0.2) is 0 Å². The molecule has 0 spiro atoms. The SMILES string of the molecule is CCCn1cc(OCc2cc(C)c(CNC3CC3)o2)cn1. The average Bonchev–Trinajstić information content (AvgIpc) is 3.08. The zero-order chi connectivity index (χ0) is 14.7. The Labute approximate surface area is 125 Å². The molecule has 1 fully saturated rings. The van der Waals surface area contributed by atoms with Gasteiger partial charge < -0.3 is 14.5 Å². The second-order valence-electron chi connectivity index (χ2n) is 5.70. The third kappa shape index (κ3) is 3.88. The molecule has 0 aliphatic heterocycles. The number of aromatic nitrogens is 2. The van der Waals surface area contributed by atoms with E-state index >= 15 is 0 Å². The van der Waals surface area contributed by atoms with Gasteiger partial charge in [-0.3, -0.25) is 4.68 Å². The van der Waals surface area contributed by atoms with E-state index in [9.17, 15) is 0 Å². The summed E-state index contributed by atoms with van der Waals surface area (Å²) in [4.78, 5) is 0. The Morgan fingerprint density at radius 1 is 1.48 bits per heavy atom. The molecule has 2 heterocycles. The number of rotatable bonds is 8. The molecule has 0 amide bonds. The summed E-state index contributed by atoms with van der Waals surface area (Å²) in [7, 11) is 0. The van der Waals surface area contributed by atoms with Gasteiger partial charge in [0.05, 0.1) is 18.9 Å². The fraction of sp³-hybridized carbons (Fsp3) is 0.562. The Hall–Kier alpha value is -1.75. The quantitative estimate of drug-likeness (QED) is 0.811. The van der Waals surface area contributed by atoms with E-state index in [2.05, 4.69) is 30.3 Å². The van der Waals surface area contributed by atoms with Crippen LogP contribution in [-0.2, 0) is 19.7 Å². The Balaban J connectivity index is 1.52. The number of aryl methyl sites for hydroxylation is 2. The third-order valence-corrected chi connectivity index (χ3v) is 3.64. The second kappa shape index (κ2) is 6.35. The van der Waals surface area contributed by atoms with Gasteiger partial charge in [-0.2, -0.15) is 5.10 Å². The van der Waals surface area contributed by atoms with Gasteiger partial charge in [-0.1, -0.05) is 6.92 Å². The summed E-state index contributed by atoms with van der Waals surface area (Å²) in [6.45, 7) is 6.38. The van der Waals surface area contributed by atoms with Gasteiger partial charge in [-0.05, 0) is 37.8 Å². The van der Waals surface area contributed by atoms with Crippen molar-refractivity contribution in [2.75, 3.05) is 0 Å². The van der Waals surface area contributed by atoms with Crippen LogP contribution >= 0.6 is 0 Å². The molecule has 21 heavy (non-hydrogen) atoms. The van der Waals surface area contributed by atoms with Crippen molar-refractivity contribution in [2.45, 2.75) is 58.8 Å². The fourth-order valence-corrected chi connectivity index (χ4v) is 2.29. The van der Waals surface area contributed by atoms with Gasteiger partial charge in [0.25, 0.3) is 0 Å². The van der Waals surface area contributed by atoms with Crippen molar-refractivity contribution in [1.82, 2.24) is 15.1 Å². The van der Waals surface area contributed by atoms with Gasteiger partial charge in [-0.15, -0.1) is 0 Å². The van der Waals surface area contributed by atoms with Crippen molar-refractivity contribution in [2.24, 2.45) is 0 Å². The lowest BCUT2D eigenvalue weighted by atomic mass is 10.2. The average molecular weight is 289 g/mol. The van der Waals surface area contributed by atoms with Crippen LogP contribution in [0.4, 0.5) is 0 Å². The number of furan rings is 1. The molecule has 1 saturated carbocycles. The van der Waals surface area contributed by atoms with Crippen LogP contribution in [0.15, 0.2) is 22.9 Å². The molecule has 0 unspecified atom stereocenters. The minimum absolute atomic E-state index is 0.447. The highest BCUT2D eigenvalue weighted by molar-refractivity contribution is 5.20. The van der Waals surface area contributed by atoms with Crippen LogP contribution in [0.25, 0.3) is 0 Å². The summed E-state index contributed by atoms with van der Waals surface area (Å²) in [5.41, 5.74) is 1.18. The van der Waals surface area contributed by atoms with Gasteiger partial charge in [0.1, 0.15) is 18.1 Å². The first-order valence-electron chi connectivity index (χ1n) is 7.71. The van der Waals surface area contributed by atoms with Crippen LogP contribution in [0.3, 0.4) is 0 Å². The Bertz CT molecular complexity index is 584. The van der Waals surface area contributed by atoms with E-state index < -0.39 is 0 Å². The summed E-state index contributed by atoms with van der Waals surface area (Å²) in [5.74, 6) is 2.67. The van der Waals surface area contributed by atoms with E-state index in [1.807, 2.05) is 10.9 Å². The molecule has 114 valence electrons. The molecule has 1 N–H and O–H groups in total. The molecule has 2 aromatic heterocycles. The van der Waals surface area contributed by atoms with E-state index in [0.29, 0.717) is 12.6 Å². The molecule has 0 radical (unpaired) electrons. The lowest BCUT2D eigenvalue weighted by Crippen LogP contribution is -2.15. The van der Waals surface area contributed by atoms with Crippen LogP contribution in [0.2, 0.25) is 0 Å². The molecule has 0 saturated heterocycles. The van der Waals surface area contributed by atoms with Gasteiger partial charge in [0.2, 0.25) is 0 Å². The highest BCUT2D eigenvalue weighted by Crippen LogP contribution is 2.21. The standard InChI is InChI=1S/C16H23N3O2/c1-3-6-19-10-15(8-18-19)20-11-14-7-12(2)16(21-14)9-17-13-4-5-13/h7-8,10,13,17H,3-6,9,11H2,1-2H3. The summed E-state index contributed by atoms with van der Waals surface area (Å²) in [6, 6.07) is 2.75. The smallest absolute Gasteiger partial charge is 0.157 e. The van der Waals surface area contributed by atoms with Crippen molar-refractivity contribution in [3.63, 3.8) is 0 Å². The summed E-state index contributed by atoms with van der Waals surface area (Å²) in [6.07, 6.45) is 7.32. The highest BCUT2D eigenvalue weighted by Gasteiger charge is 2.21. The Kier molecular flexibility index (Phi) is 4.29. The summed E-state index contributed by atoms with van der Waals surface area (Å²) in [5, 5.41) is 7.72. The molecule has 3 rings (SSSR count). The number of hydrogen-bond donors (Lipinski definition) is 1. The predicted molar refractivity (Wildman–Crippen MR) is 80.2 cm³/mol. The fourth-order valence-electron chi connectivity index (χ4n) is 2.29. The van der Waals surface area contributed by atoms with Crippen molar-refractivity contribution in [3.8, 4) is 5.75 Å². The van der Waals surface area contributed by atoms with Gasteiger partial charge in [0.15, 0.2) is 5.75 Å². The topological polar surface area (TPSA) is 52.2 Å². The third-order valence-electron chi connectivity index (χ3n) is 3.64. The maximum atomic E-state index is 5.85. The minimum Gasteiger partial charge on any atom is -0.482 e. The Morgan fingerprint density at radius 2 is 2.33 bits per heavy atom. The monoisotopic (exact) mass is 289 g/mol. The van der Waals surface area contributed by atoms with Crippen molar-refractivity contribution in [3.05, 3.63) is 35.5 Å². The molecule has 5 nitrogen and oxygen atoms in total. The van der Waals surface area contributed by atoms with Crippen LogP contribution in [0.1, 0.15) is 43.3 Å². The zero-order valence-corrected chi connectivity index (χ0v) is 12.8. The molecule has 5 heteroatoms. The number of ether oxygens (including phenoxy) is 1. The number of nitrogens with zero attached hydrogens (tertiary/aromatic N) is 2. The predicted octanol–water partition coefficient (Wildman–Crippen LogP) is 3.03. The number of nitrogens with one attached hydrogen (secondary N) is 1. The normalized spacial score (nSPS) is 14.6. The molecule has 1 aliphatic carbocycles. The molecule has 1 aliphatic rings. The van der Waals surface area contributed by atoms with Crippen molar-refractivity contribution >= 4 is 0 Å². The molecular formula is C16H23N3O2. The van der Waals surface area contributed by atoms with Gasteiger partial charge >= 0.3 is 0 Å². The molecule has 2 aromatic rings. The van der Waals surface area contributed by atoms with Crippen LogP contribution < -0.4 is 10.1 Å². The zero-order valence-electron chi connectivity index (χ0n) is 12.8. The van der Waals surface area contributed by atoms with Crippen molar-refractivity contribution < 1.29 is 9.15 Å². The van der Waals surface area contributed by atoms with Crippen molar-refractivity contribution in [1.29, 1.82) is 0 Å². The van der Waals surface area contributed by atoms with E-state index in [-0.39, 0.29) is 0 Å². The maximum absolute atomic E-state index is 5.85. The highest BCUT2D eigenvalue weighted by atomic mass is 16.5. The first kappa shape index (κ1) is 14.2. The minimum atomic E-state index is 0.447. The molecule has 0 bridgehead atoms. The molecular weight excluding hydrogens is 266 g/mol. The first-order chi connectivity index (χ1) is 10.2. The van der Waals surface area contributed by atoms with Crippen LogP contribution in [0.5, 0.6) is 5.75 Å². The largest absolute Gasteiger partial charge is 0.482 e. The van der Waals surface area contributed by atoms with E-state index in [0.717, 1.165) is 36.8 Å². The van der Waals surface area contributed by atoms with Crippen LogP contribution in [0, 0.1) is 6.92 Å². The van der Waals surface area contributed by atoms with Crippen LogP contribution in [-0.4, -0.2) is 15.8 Å². The molecule has 0 atom stereocenters. The lowest BCUT2D eigenvalue weighted by Gasteiger charge is -2.01. The number of hydrogen-bond acceptors (Lipinski definition) is 4. The summed E-state index contributed by atoms with van der Waals surface area (Å²) >= 11 is 0. The second-order valence-corrected chi connectivity index (χ2v) is 5.70.